The van der Waals surface area contributed by atoms with Gasteiger partial charge < -0.3 is 15.0 Å². The number of benzene rings is 1. The molecule has 1 aromatic heterocycles. The molecule has 0 radical (unpaired) electrons. The largest absolute Gasteiger partial charge is 0.481 e. The standard InChI is InChI=1S/C15H20N2O2/c1-11-12(7-9-17(2)10-8-15(18)19)13-5-3-4-6-14(13)16-11/h3-6,16H,7-10H2,1-2H3,(H,18,19). The van der Waals surface area contributed by atoms with E-state index in [9.17, 15) is 4.79 Å². The van der Waals surface area contributed by atoms with Crippen molar-refractivity contribution in [1.29, 1.82) is 0 Å². The van der Waals surface area contributed by atoms with Gasteiger partial charge in [-0.3, -0.25) is 4.79 Å². The summed E-state index contributed by atoms with van der Waals surface area (Å²) in [5.74, 6) is -0.741. The van der Waals surface area contributed by atoms with E-state index in [-0.39, 0.29) is 6.42 Å². The summed E-state index contributed by atoms with van der Waals surface area (Å²) in [5.41, 5.74) is 3.70. The van der Waals surface area contributed by atoms with Crippen LogP contribution in [0.4, 0.5) is 0 Å². The predicted molar refractivity (Wildman–Crippen MR) is 76.5 cm³/mol. The molecule has 0 atom stereocenters. The van der Waals surface area contributed by atoms with Gasteiger partial charge >= 0.3 is 5.97 Å². The Morgan fingerprint density at radius 2 is 2.05 bits per heavy atom. The zero-order chi connectivity index (χ0) is 13.8. The Balaban J connectivity index is 2.01. The number of hydrogen-bond donors (Lipinski definition) is 2. The molecule has 0 aliphatic carbocycles. The number of rotatable bonds is 6. The van der Waals surface area contributed by atoms with E-state index in [0.717, 1.165) is 13.0 Å². The topological polar surface area (TPSA) is 56.3 Å². The lowest BCUT2D eigenvalue weighted by Gasteiger charge is -2.15. The van der Waals surface area contributed by atoms with Crippen LogP contribution in [-0.2, 0) is 11.2 Å². The molecule has 102 valence electrons. The van der Waals surface area contributed by atoms with E-state index in [0.29, 0.717) is 6.54 Å². The van der Waals surface area contributed by atoms with Gasteiger partial charge in [-0.25, -0.2) is 0 Å². The molecule has 4 heteroatoms. The number of hydrogen-bond acceptors (Lipinski definition) is 2. The van der Waals surface area contributed by atoms with Crippen LogP contribution in [0.2, 0.25) is 0 Å². The van der Waals surface area contributed by atoms with Crippen molar-refractivity contribution in [3.05, 3.63) is 35.5 Å². The van der Waals surface area contributed by atoms with Gasteiger partial charge in [0.1, 0.15) is 0 Å². The maximum atomic E-state index is 10.5. The molecule has 2 N–H and O–H groups in total. The van der Waals surface area contributed by atoms with E-state index >= 15 is 0 Å². The summed E-state index contributed by atoms with van der Waals surface area (Å²) in [6, 6.07) is 8.29. The molecule has 0 aliphatic heterocycles. The van der Waals surface area contributed by atoms with Crippen molar-refractivity contribution in [3.63, 3.8) is 0 Å². The van der Waals surface area contributed by atoms with Gasteiger partial charge in [-0.05, 0) is 32.0 Å². The van der Waals surface area contributed by atoms with Gasteiger partial charge in [-0.2, -0.15) is 0 Å². The molecule has 0 bridgehead atoms. The van der Waals surface area contributed by atoms with Crippen molar-refractivity contribution < 1.29 is 9.90 Å². The molecule has 0 aliphatic rings. The number of para-hydroxylation sites is 1. The molecular formula is C15H20N2O2. The summed E-state index contributed by atoms with van der Waals surface area (Å²) in [5, 5.41) is 9.94. The number of aryl methyl sites for hydroxylation is 1. The fourth-order valence-electron chi connectivity index (χ4n) is 2.36. The van der Waals surface area contributed by atoms with Crippen LogP contribution in [-0.4, -0.2) is 41.1 Å². The van der Waals surface area contributed by atoms with Gasteiger partial charge in [-0.15, -0.1) is 0 Å². The van der Waals surface area contributed by atoms with Crippen molar-refractivity contribution in [3.8, 4) is 0 Å². The molecule has 1 heterocycles. The second-order valence-electron chi connectivity index (χ2n) is 4.97. The molecule has 4 nitrogen and oxygen atoms in total. The van der Waals surface area contributed by atoms with Gasteiger partial charge in [0.05, 0.1) is 6.42 Å². The fourth-order valence-corrected chi connectivity index (χ4v) is 2.36. The Hall–Kier alpha value is -1.81. The molecule has 19 heavy (non-hydrogen) atoms. The number of aromatic nitrogens is 1. The summed E-state index contributed by atoms with van der Waals surface area (Å²) in [6.07, 6.45) is 1.13. The highest BCUT2D eigenvalue weighted by molar-refractivity contribution is 5.84. The zero-order valence-electron chi connectivity index (χ0n) is 11.4. The summed E-state index contributed by atoms with van der Waals surface area (Å²) in [7, 11) is 1.97. The van der Waals surface area contributed by atoms with Gasteiger partial charge in [0, 0.05) is 29.7 Å². The number of carboxylic acid groups (broad SMARTS) is 1. The van der Waals surface area contributed by atoms with E-state index in [1.54, 1.807) is 0 Å². The first kappa shape index (κ1) is 13.6. The van der Waals surface area contributed by atoms with Gasteiger partial charge in [0.25, 0.3) is 0 Å². The van der Waals surface area contributed by atoms with Crippen LogP contribution in [0.15, 0.2) is 24.3 Å². The average Bonchev–Trinajstić information content (AvgIpc) is 2.69. The van der Waals surface area contributed by atoms with Crippen molar-refractivity contribution in [2.75, 3.05) is 20.1 Å². The minimum Gasteiger partial charge on any atom is -0.481 e. The van der Waals surface area contributed by atoms with Gasteiger partial charge in [0.15, 0.2) is 0 Å². The third kappa shape index (κ3) is 3.35. The quantitative estimate of drug-likeness (QED) is 0.838. The lowest BCUT2D eigenvalue weighted by Crippen LogP contribution is -2.24. The van der Waals surface area contributed by atoms with Crippen LogP contribution in [0, 0.1) is 6.92 Å². The van der Waals surface area contributed by atoms with Crippen LogP contribution >= 0.6 is 0 Å². The number of nitrogens with one attached hydrogen (secondary N) is 1. The number of likely N-dealkylation sites (N-methyl/N-ethyl adjacent to an activating group) is 1. The van der Waals surface area contributed by atoms with Crippen LogP contribution in [0.25, 0.3) is 10.9 Å². The second-order valence-corrected chi connectivity index (χ2v) is 4.97. The number of aromatic amines is 1. The van der Waals surface area contributed by atoms with Crippen molar-refractivity contribution in [1.82, 2.24) is 9.88 Å². The van der Waals surface area contributed by atoms with Crippen LogP contribution in [0.1, 0.15) is 17.7 Å². The van der Waals surface area contributed by atoms with Crippen LogP contribution in [0.5, 0.6) is 0 Å². The number of H-pyrrole nitrogens is 1. The molecule has 0 fully saturated rings. The third-order valence-corrected chi connectivity index (χ3v) is 3.48. The zero-order valence-corrected chi connectivity index (χ0v) is 11.4. The first-order valence-corrected chi connectivity index (χ1v) is 6.54. The van der Waals surface area contributed by atoms with E-state index in [4.69, 9.17) is 5.11 Å². The van der Waals surface area contributed by atoms with Crippen molar-refractivity contribution in [2.45, 2.75) is 19.8 Å². The Bertz CT molecular complexity index is 575. The van der Waals surface area contributed by atoms with E-state index < -0.39 is 5.97 Å². The number of fused-ring (bicyclic) bond motifs is 1. The first-order chi connectivity index (χ1) is 9.08. The Morgan fingerprint density at radius 1 is 1.32 bits per heavy atom. The molecule has 0 saturated heterocycles. The number of carboxylic acids is 1. The third-order valence-electron chi connectivity index (χ3n) is 3.48. The highest BCUT2D eigenvalue weighted by atomic mass is 16.4. The minimum absolute atomic E-state index is 0.198. The number of nitrogens with zero attached hydrogens (tertiary/aromatic N) is 1. The predicted octanol–water partition coefficient (Wildman–Crippen LogP) is 2.43. The molecule has 0 amide bonds. The molecule has 2 rings (SSSR count). The molecule has 0 saturated carbocycles. The lowest BCUT2D eigenvalue weighted by atomic mass is 10.1. The second kappa shape index (κ2) is 5.89. The summed E-state index contributed by atoms with van der Waals surface area (Å²) in [6.45, 7) is 3.55. The summed E-state index contributed by atoms with van der Waals surface area (Å²) in [4.78, 5) is 16.0. The monoisotopic (exact) mass is 260 g/mol. The Kier molecular flexibility index (Phi) is 4.22. The van der Waals surface area contributed by atoms with Crippen molar-refractivity contribution >= 4 is 16.9 Å². The SMILES string of the molecule is Cc1[nH]c2ccccc2c1CCN(C)CCC(=O)O. The molecule has 0 spiro atoms. The van der Waals surface area contributed by atoms with Gasteiger partial charge in [-0.1, -0.05) is 18.2 Å². The highest BCUT2D eigenvalue weighted by Crippen LogP contribution is 2.22. The average molecular weight is 260 g/mol. The summed E-state index contributed by atoms with van der Waals surface area (Å²) >= 11 is 0. The molecule has 2 aromatic rings. The molecule has 0 unspecified atom stereocenters. The van der Waals surface area contributed by atoms with Crippen LogP contribution in [0.3, 0.4) is 0 Å². The number of aliphatic carboxylic acids is 1. The molecule has 1 aromatic carbocycles. The maximum Gasteiger partial charge on any atom is 0.304 e. The summed E-state index contributed by atoms with van der Waals surface area (Å²) < 4.78 is 0. The highest BCUT2D eigenvalue weighted by Gasteiger charge is 2.09. The van der Waals surface area contributed by atoms with Gasteiger partial charge in [0.2, 0.25) is 0 Å². The van der Waals surface area contributed by atoms with E-state index in [2.05, 4.69) is 28.9 Å². The van der Waals surface area contributed by atoms with E-state index in [1.165, 1.54) is 22.2 Å². The fraction of sp³-hybridized carbons (Fsp3) is 0.400. The maximum absolute atomic E-state index is 10.5. The minimum atomic E-state index is -0.741. The Morgan fingerprint density at radius 3 is 2.79 bits per heavy atom. The first-order valence-electron chi connectivity index (χ1n) is 6.54. The number of carbonyl (C=O) groups is 1. The Labute approximate surface area is 113 Å². The molecular weight excluding hydrogens is 240 g/mol. The van der Waals surface area contributed by atoms with Crippen LogP contribution < -0.4 is 0 Å². The van der Waals surface area contributed by atoms with Crippen molar-refractivity contribution in [2.24, 2.45) is 0 Å². The lowest BCUT2D eigenvalue weighted by molar-refractivity contribution is -0.137. The van der Waals surface area contributed by atoms with E-state index in [1.807, 2.05) is 19.2 Å². The normalized spacial score (nSPS) is 11.3. The smallest absolute Gasteiger partial charge is 0.304 e.